The van der Waals surface area contributed by atoms with Crippen molar-refractivity contribution in [2.24, 2.45) is 5.41 Å². The summed E-state index contributed by atoms with van der Waals surface area (Å²) >= 11 is 0. The fourth-order valence-electron chi connectivity index (χ4n) is 5.31. The molecule has 0 aromatic heterocycles. The van der Waals surface area contributed by atoms with Gasteiger partial charge in [-0.25, -0.2) is 14.0 Å². The van der Waals surface area contributed by atoms with Crippen LogP contribution in [-0.4, -0.2) is 53.4 Å². The molecule has 2 N–H and O–H groups in total. The molecule has 2 aliphatic carbocycles. The molecular formula is C21H27FN4O3. The second-order valence-corrected chi connectivity index (χ2v) is 8.78. The molecule has 2 spiro atoms. The summed E-state index contributed by atoms with van der Waals surface area (Å²) in [7, 11) is 3.26. The van der Waals surface area contributed by atoms with Crippen molar-refractivity contribution in [3.05, 3.63) is 35.6 Å². The van der Waals surface area contributed by atoms with Gasteiger partial charge in [0.25, 0.3) is 5.91 Å². The molecule has 5 amide bonds. The van der Waals surface area contributed by atoms with E-state index in [9.17, 15) is 18.8 Å². The van der Waals surface area contributed by atoms with Gasteiger partial charge in [-0.05, 0) is 50.0 Å². The van der Waals surface area contributed by atoms with Gasteiger partial charge in [-0.2, -0.15) is 0 Å². The third kappa shape index (κ3) is 3.24. The predicted octanol–water partition coefficient (Wildman–Crippen LogP) is 2.61. The van der Waals surface area contributed by atoms with E-state index in [4.69, 9.17) is 0 Å². The third-order valence-corrected chi connectivity index (χ3v) is 7.03. The van der Waals surface area contributed by atoms with Crippen LogP contribution >= 0.6 is 0 Å². The van der Waals surface area contributed by atoms with Gasteiger partial charge in [0.05, 0.1) is 0 Å². The van der Waals surface area contributed by atoms with Gasteiger partial charge in [-0.1, -0.05) is 18.2 Å². The number of hydrogen-bond acceptors (Lipinski definition) is 3. The van der Waals surface area contributed by atoms with Crippen molar-refractivity contribution in [1.29, 1.82) is 0 Å². The van der Waals surface area contributed by atoms with Crippen LogP contribution in [0.5, 0.6) is 0 Å². The predicted molar refractivity (Wildman–Crippen MR) is 104 cm³/mol. The number of benzene rings is 1. The Labute approximate surface area is 169 Å². The minimum atomic E-state index is -0.663. The largest absolute Gasteiger partial charge is 0.335 e. The average molecular weight is 402 g/mol. The van der Waals surface area contributed by atoms with Gasteiger partial charge in [0.15, 0.2) is 0 Å². The molecule has 156 valence electrons. The molecule has 8 heteroatoms. The van der Waals surface area contributed by atoms with Crippen LogP contribution in [0.4, 0.5) is 14.0 Å². The summed E-state index contributed by atoms with van der Waals surface area (Å²) in [4.78, 5) is 39.6. The Morgan fingerprint density at radius 3 is 2.41 bits per heavy atom. The summed E-state index contributed by atoms with van der Waals surface area (Å²) in [6.07, 6.45) is 4.93. The van der Waals surface area contributed by atoms with E-state index in [2.05, 4.69) is 10.6 Å². The van der Waals surface area contributed by atoms with Gasteiger partial charge >= 0.3 is 12.1 Å². The first-order chi connectivity index (χ1) is 13.8. The van der Waals surface area contributed by atoms with Crippen LogP contribution in [0.25, 0.3) is 0 Å². The van der Waals surface area contributed by atoms with Gasteiger partial charge in [0, 0.05) is 32.2 Å². The summed E-state index contributed by atoms with van der Waals surface area (Å²) in [6.45, 7) is 0.147. The van der Waals surface area contributed by atoms with Crippen molar-refractivity contribution < 1.29 is 18.8 Å². The number of likely N-dealkylation sites (N-methyl/N-ethyl adjacent to an activating group) is 2. The number of carbonyl (C=O) groups is 3. The van der Waals surface area contributed by atoms with Gasteiger partial charge < -0.3 is 15.5 Å². The van der Waals surface area contributed by atoms with E-state index in [1.165, 1.54) is 11.0 Å². The minimum Gasteiger partial charge on any atom is -0.335 e. The van der Waals surface area contributed by atoms with E-state index in [1.54, 1.807) is 37.2 Å². The molecule has 1 aromatic rings. The standard InChI is InChI=1S/C21H27FN4O3/c1-25-17(27)21(26(2)19(25)29)12-20(13-21)9-7-15(8-10-20)24-18(28)23-11-14-5-3-4-6-16(14)22/h3-6,15H,7-13H2,1-2H3,(H2,23,24,28). The van der Waals surface area contributed by atoms with Crippen molar-refractivity contribution in [1.82, 2.24) is 20.4 Å². The number of hydrogen-bond donors (Lipinski definition) is 2. The first kappa shape index (κ1) is 19.7. The third-order valence-electron chi connectivity index (χ3n) is 7.03. The summed E-state index contributed by atoms with van der Waals surface area (Å²) in [6, 6.07) is 5.92. The first-order valence-corrected chi connectivity index (χ1v) is 10.1. The summed E-state index contributed by atoms with van der Waals surface area (Å²) in [5, 5.41) is 5.69. The van der Waals surface area contributed by atoms with Crippen molar-refractivity contribution in [3.63, 3.8) is 0 Å². The number of urea groups is 2. The first-order valence-electron chi connectivity index (χ1n) is 10.1. The van der Waals surface area contributed by atoms with Crippen LogP contribution < -0.4 is 10.6 Å². The van der Waals surface area contributed by atoms with Crippen LogP contribution in [0, 0.1) is 11.2 Å². The number of rotatable bonds is 3. The fraction of sp³-hybridized carbons (Fsp3) is 0.571. The maximum atomic E-state index is 13.6. The molecule has 3 aliphatic rings. The maximum Gasteiger partial charge on any atom is 0.327 e. The highest BCUT2D eigenvalue weighted by Gasteiger charge is 2.66. The normalized spacial score (nSPS) is 31.3. The van der Waals surface area contributed by atoms with E-state index in [-0.39, 0.29) is 41.8 Å². The molecule has 2 saturated carbocycles. The highest BCUT2D eigenvalue weighted by Crippen LogP contribution is 2.60. The summed E-state index contributed by atoms with van der Waals surface area (Å²) in [5.74, 6) is -0.426. The number of nitrogens with one attached hydrogen (secondary N) is 2. The molecular weight excluding hydrogens is 375 g/mol. The fourth-order valence-corrected chi connectivity index (χ4v) is 5.31. The zero-order valence-electron chi connectivity index (χ0n) is 16.8. The van der Waals surface area contributed by atoms with E-state index in [0.29, 0.717) is 18.4 Å². The van der Waals surface area contributed by atoms with E-state index in [0.717, 1.165) is 25.7 Å². The molecule has 0 radical (unpaired) electrons. The molecule has 7 nitrogen and oxygen atoms in total. The second-order valence-electron chi connectivity index (χ2n) is 8.78. The number of carbonyl (C=O) groups excluding carboxylic acids is 3. The summed E-state index contributed by atoms with van der Waals surface area (Å²) in [5.41, 5.74) is -0.129. The number of nitrogens with zero attached hydrogens (tertiary/aromatic N) is 2. The molecule has 0 unspecified atom stereocenters. The van der Waals surface area contributed by atoms with Gasteiger partial charge in [-0.15, -0.1) is 0 Å². The topological polar surface area (TPSA) is 81.8 Å². The van der Waals surface area contributed by atoms with E-state index in [1.807, 2.05) is 0 Å². The zero-order chi connectivity index (χ0) is 20.8. The summed E-state index contributed by atoms with van der Waals surface area (Å²) < 4.78 is 13.6. The molecule has 1 heterocycles. The van der Waals surface area contributed by atoms with Crippen LogP contribution in [0.2, 0.25) is 0 Å². The highest BCUT2D eigenvalue weighted by molar-refractivity contribution is 6.07. The monoisotopic (exact) mass is 402 g/mol. The lowest BCUT2D eigenvalue weighted by Gasteiger charge is -2.57. The van der Waals surface area contributed by atoms with Crippen LogP contribution in [0.3, 0.4) is 0 Å². The number of amides is 5. The van der Waals surface area contributed by atoms with Crippen molar-refractivity contribution >= 4 is 18.0 Å². The quantitative estimate of drug-likeness (QED) is 0.763. The lowest BCUT2D eigenvalue weighted by Crippen LogP contribution is -2.63. The van der Waals surface area contributed by atoms with Crippen molar-refractivity contribution in [2.45, 2.75) is 56.7 Å². The zero-order valence-corrected chi connectivity index (χ0v) is 16.8. The molecule has 0 atom stereocenters. The maximum absolute atomic E-state index is 13.6. The Kier molecular flexibility index (Phi) is 4.75. The van der Waals surface area contributed by atoms with Crippen LogP contribution in [-0.2, 0) is 11.3 Å². The average Bonchev–Trinajstić information content (AvgIpc) is 2.84. The minimum absolute atomic E-state index is 0.0686. The molecule has 1 aromatic carbocycles. The molecule has 4 rings (SSSR count). The van der Waals surface area contributed by atoms with E-state index < -0.39 is 5.54 Å². The Morgan fingerprint density at radius 2 is 1.83 bits per heavy atom. The lowest BCUT2D eigenvalue weighted by molar-refractivity contribution is -0.147. The van der Waals surface area contributed by atoms with Gasteiger partial charge in [-0.3, -0.25) is 9.69 Å². The number of halogens is 1. The molecule has 29 heavy (non-hydrogen) atoms. The molecule has 1 aliphatic heterocycles. The molecule has 3 fully saturated rings. The molecule has 0 bridgehead atoms. The number of imide groups is 1. The Hall–Kier alpha value is -2.64. The SMILES string of the molecule is CN1C(=O)N(C)C2(CC3(CCC(NC(=O)NCc4ccccc4F)CC3)C2)C1=O. The van der Waals surface area contributed by atoms with Crippen molar-refractivity contribution in [2.75, 3.05) is 14.1 Å². The van der Waals surface area contributed by atoms with Gasteiger partial charge in [0.1, 0.15) is 11.4 Å². The Morgan fingerprint density at radius 1 is 1.17 bits per heavy atom. The van der Waals surface area contributed by atoms with E-state index >= 15 is 0 Å². The van der Waals surface area contributed by atoms with Crippen LogP contribution in [0.15, 0.2) is 24.3 Å². The molecule has 1 saturated heterocycles. The second kappa shape index (κ2) is 7.00. The highest BCUT2D eigenvalue weighted by atomic mass is 19.1. The smallest absolute Gasteiger partial charge is 0.327 e. The lowest BCUT2D eigenvalue weighted by atomic mass is 9.51. The van der Waals surface area contributed by atoms with Gasteiger partial charge in [0.2, 0.25) is 0 Å². The van der Waals surface area contributed by atoms with Crippen molar-refractivity contribution in [3.8, 4) is 0 Å². The Balaban J connectivity index is 1.25. The Bertz CT molecular complexity index is 842. The van der Waals surface area contributed by atoms with Crippen LogP contribution in [0.1, 0.15) is 44.1 Å².